The Labute approximate surface area is 82.9 Å². The van der Waals surface area contributed by atoms with Crippen molar-refractivity contribution in [1.29, 1.82) is 0 Å². The molecule has 0 heterocycles. The molecular formula is C8H11NO2S2. The van der Waals surface area contributed by atoms with Crippen LogP contribution >= 0.6 is 0 Å². The van der Waals surface area contributed by atoms with Crippen LogP contribution in [0.3, 0.4) is 0 Å². The van der Waals surface area contributed by atoms with E-state index < -0.39 is 8.77 Å². The van der Waals surface area contributed by atoms with Crippen LogP contribution in [0, 0.1) is 0 Å². The van der Waals surface area contributed by atoms with Gasteiger partial charge in [0.15, 0.2) is 8.77 Å². The van der Waals surface area contributed by atoms with Gasteiger partial charge in [-0.3, -0.25) is 0 Å². The van der Waals surface area contributed by atoms with E-state index in [0.717, 1.165) is 5.69 Å². The van der Waals surface area contributed by atoms with Crippen molar-refractivity contribution in [3.8, 4) is 0 Å². The van der Waals surface area contributed by atoms with Crippen LogP contribution in [0.5, 0.6) is 0 Å². The Morgan fingerprint density at radius 3 is 2.54 bits per heavy atom. The minimum atomic E-state index is -3.25. The van der Waals surface area contributed by atoms with Gasteiger partial charge in [0.25, 0.3) is 0 Å². The maximum atomic E-state index is 11.1. The Bertz CT molecular complexity index is 398. The van der Waals surface area contributed by atoms with E-state index in [1.165, 1.54) is 0 Å². The van der Waals surface area contributed by atoms with E-state index in [2.05, 4.69) is 11.2 Å². The molecule has 1 atom stereocenters. The SMILES string of the molecule is CN(C)c1cccc(S(=O)(O)=S)c1. The van der Waals surface area contributed by atoms with Crippen molar-refractivity contribution in [3.63, 3.8) is 0 Å². The lowest BCUT2D eigenvalue weighted by atomic mass is 10.3. The van der Waals surface area contributed by atoms with Gasteiger partial charge in [0.2, 0.25) is 0 Å². The fourth-order valence-electron chi connectivity index (χ4n) is 0.922. The molecule has 0 saturated carbocycles. The second kappa shape index (κ2) is 3.61. The van der Waals surface area contributed by atoms with Crippen molar-refractivity contribution in [3.05, 3.63) is 24.3 Å². The van der Waals surface area contributed by atoms with E-state index in [4.69, 9.17) is 4.55 Å². The Morgan fingerprint density at radius 1 is 1.46 bits per heavy atom. The van der Waals surface area contributed by atoms with Gasteiger partial charge in [-0.05, 0) is 18.2 Å². The predicted octanol–water partition coefficient (Wildman–Crippen LogP) is 1.33. The maximum Gasteiger partial charge on any atom is 0.171 e. The zero-order valence-electron chi connectivity index (χ0n) is 7.43. The Balaban J connectivity index is 3.21. The second-order valence-electron chi connectivity index (χ2n) is 2.87. The van der Waals surface area contributed by atoms with Crippen LogP contribution in [0.25, 0.3) is 0 Å². The summed E-state index contributed by atoms with van der Waals surface area (Å²) in [7, 11) is 0.473. The van der Waals surface area contributed by atoms with Crippen molar-refractivity contribution in [2.45, 2.75) is 4.90 Å². The van der Waals surface area contributed by atoms with Gasteiger partial charge in [-0.25, -0.2) is 4.21 Å². The maximum absolute atomic E-state index is 11.1. The third-order valence-electron chi connectivity index (χ3n) is 1.63. The average Bonchev–Trinajstić information content (AvgIpc) is 2.03. The highest BCUT2D eigenvalue weighted by Crippen LogP contribution is 2.17. The minimum Gasteiger partial charge on any atom is -0.378 e. The number of hydrogen-bond acceptors (Lipinski definition) is 3. The fraction of sp³-hybridized carbons (Fsp3) is 0.250. The molecule has 0 spiro atoms. The van der Waals surface area contributed by atoms with Crippen LogP contribution in [-0.2, 0) is 20.0 Å². The van der Waals surface area contributed by atoms with Gasteiger partial charge in [-0.15, -0.1) is 0 Å². The topological polar surface area (TPSA) is 40.5 Å². The van der Waals surface area contributed by atoms with E-state index in [0.29, 0.717) is 0 Å². The zero-order chi connectivity index (χ0) is 10.1. The lowest BCUT2D eigenvalue weighted by Gasteiger charge is -2.12. The van der Waals surface area contributed by atoms with Crippen molar-refractivity contribution in [1.82, 2.24) is 0 Å². The standard InChI is InChI=1S/C8H11NO2S2/c1-9(2)7-4-3-5-8(6-7)13(10,11)12/h3-6H,1-2H3,(H,10,11,12). The molecule has 1 aromatic carbocycles. The molecule has 0 fully saturated rings. The highest BCUT2D eigenvalue weighted by Gasteiger charge is 2.05. The van der Waals surface area contributed by atoms with Crippen LogP contribution in [0.15, 0.2) is 29.2 Å². The molecule has 1 N–H and O–H groups in total. The largest absolute Gasteiger partial charge is 0.378 e. The predicted molar refractivity (Wildman–Crippen MR) is 57.2 cm³/mol. The summed E-state index contributed by atoms with van der Waals surface area (Å²) in [6.07, 6.45) is 0. The van der Waals surface area contributed by atoms with E-state index in [-0.39, 0.29) is 4.90 Å². The summed E-state index contributed by atoms with van der Waals surface area (Å²) in [4.78, 5) is 2.14. The molecule has 0 bridgehead atoms. The van der Waals surface area contributed by atoms with E-state index in [1.54, 1.807) is 18.2 Å². The molecule has 3 nitrogen and oxygen atoms in total. The van der Waals surface area contributed by atoms with Gasteiger partial charge in [-0.2, -0.15) is 0 Å². The van der Waals surface area contributed by atoms with E-state index in [1.807, 2.05) is 25.1 Å². The first-order chi connectivity index (χ1) is 5.91. The van der Waals surface area contributed by atoms with Crippen LogP contribution in [0.1, 0.15) is 0 Å². The molecule has 0 aromatic heterocycles. The van der Waals surface area contributed by atoms with Crippen LogP contribution in [-0.4, -0.2) is 22.9 Å². The molecule has 13 heavy (non-hydrogen) atoms. The minimum absolute atomic E-state index is 0.286. The van der Waals surface area contributed by atoms with E-state index in [9.17, 15) is 4.21 Å². The lowest BCUT2D eigenvalue weighted by molar-refractivity contribution is 0.561. The zero-order valence-corrected chi connectivity index (χ0v) is 9.06. The normalized spacial score (nSPS) is 15.0. The van der Waals surface area contributed by atoms with Gasteiger partial charge in [0, 0.05) is 31.0 Å². The Hall–Kier alpha value is -0.650. The average molecular weight is 217 g/mol. The highest BCUT2D eigenvalue weighted by atomic mass is 32.8. The Kier molecular flexibility index (Phi) is 2.90. The van der Waals surface area contributed by atoms with Crippen molar-refractivity contribution in [2.75, 3.05) is 19.0 Å². The molecule has 0 saturated heterocycles. The first-order valence-electron chi connectivity index (χ1n) is 3.66. The second-order valence-corrected chi connectivity index (χ2v) is 5.64. The molecule has 1 aromatic rings. The molecule has 0 aliphatic rings. The van der Waals surface area contributed by atoms with Gasteiger partial charge in [0.05, 0.1) is 4.90 Å². The van der Waals surface area contributed by atoms with Crippen molar-refractivity contribution >= 4 is 25.6 Å². The van der Waals surface area contributed by atoms with Crippen molar-refractivity contribution in [2.24, 2.45) is 0 Å². The van der Waals surface area contributed by atoms with Gasteiger partial charge in [0.1, 0.15) is 0 Å². The quantitative estimate of drug-likeness (QED) is 0.811. The fourth-order valence-corrected chi connectivity index (χ4v) is 1.75. The lowest BCUT2D eigenvalue weighted by Crippen LogP contribution is -2.09. The van der Waals surface area contributed by atoms with Gasteiger partial charge < -0.3 is 9.45 Å². The molecule has 72 valence electrons. The number of anilines is 1. The summed E-state index contributed by atoms with van der Waals surface area (Å²) in [6.45, 7) is 0. The number of benzene rings is 1. The van der Waals surface area contributed by atoms with Crippen LogP contribution < -0.4 is 4.90 Å². The molecule has 0 aliphatic carbocycles. The van der Waals surface area contributed by atoms with Crippen molar-refractivity contribution < 1.29 is 8.76 Å². The molecule has 0 radical (unpaired) electrons. The molecule has 1 unspecified atom stereocenters. The van der Waals surface area contributed by atoms with Crippen LogP contribution in [0.2, 0.25) is 0 Å². The highest BCUT2D eigenvalue weighted by molar-refractivity contribution is 8.29. The molecule has 1 rings (SSSR count). The number of rotatable bonds is 2. The number of hydrogen-bond donors (Lipinski definition) is 1. The van der Waals surface area contributed by atoms with Gasteiger partial charge in [-0.1, -0.05) is 6.07 Å². The monoisotopic (exact) mass is 217 g/mol. The molecule has 0 amide bonds. The summed E-state index contributed by atoms with van der Waals surface area (Å²) >= 11 is 4.46. The summed E-state index contributed by atoms with van der Waals surface area (Å²) in [5, 5.41) is 0. The summed E-state index contributed by atoms with van der Waals surface area (Å²) in [5.41, 5.74) is 0.865. The summed E-state index contributed by atoms with van der Waals surface area (Å²) < 4.78 is 20.2. The molecule has 5 heteroatoms. The third-order valence-corrected chi connectivity index (χ3v) is 3.06. The first-order valence-corrected chi connectivity index (χ1v) is 6.10. The first kappa shape index (κ1) is 10.4. The third kappa shape index (κ3) is 2.65. The smallest absolute Gasteiger partial charge is 0.171 e. The number of nitrogens with zero attached hydrogens (tertiary/aromatic N) is 1. The molecular weight excluding hydrogens is 206 g/mol. The molecule has 0 aliphatic heterocycles. The van der Waals surface area contributed by atoms with E-state index >= 15 is 0 Å². The summed E-state index contributed by atoms with van der Waals surface area (Å²) in [5.74, 6) is 0. The van der Waals surface area contributed by atoms with Crippen LogP contribution in [0.4, 0.5) is 5.69 Å². The van der Waals surface area contributed by atoms with Gasteiger partial charge >= 0.3 is 0 Å². The summed E-state index contributed by atoms with van der Waals surface area (Å²) in [6, 6.07) is 6.74. The Morgan fingerprint density at radius 2 is 2.08 bits per heavy atom.